The average Bonchev–Trinajstić information content (AvgIpc) is 2.42. The highest BCUT2D eigenvalue weighted by molar-refractivity contribution is 5.47. The van der Waals surface area contributed by atoms with Crippen LogP contribution in [-0.2, 0) is 6.61 Å². The fraction of sp³-hybridized carbons (Fsp3) is 0.294. The molecule has 2 rings (SSSR count). The summed E-state index contributed by atoms with van der Waals surface area (Å²) in [7, 11) is 1.66. The maximum atomic E-state index is 9.21. The van der Waals surface area contributed by atoms with E-state index in [1.54, 1.807) is 7.11 Å². The van der Waals surface area contributed by atoms with E-state index >= 15 is 0 Å². The molecule has 0 atom stereocenters. The van der Waals surface area contributed by atoms with Gasteiger partial charge in [0.15, 0.2) is 0 Å². The van der Waals surface area contributed by atoms with Crippen LogP contribution in [0.15, 0.2) is 30.3 Å². The van der Waals surface area contributed by atoms with E-state index in [9.17, 15) is 5.11 Å². The van der Waals surface area contributed by atoms with Gasteiger partial charge in [-0.05, 0) is 61.2 Å². The van der Waals surface area contributed by atoms with Crippen LogP contribution in [0.5, 0.6) is 17.2 Å². The Balaban J connectivity index is 2.32. The maximum absolute atomic E-state index is 9.21. The largest absolute Gasteiger partial charge is 0.496 e. The molecule has 0 heterocycles. The molecule has 0 spiro atoms. The molecular formula is C17H20O3. The number of hydrogen-bond donors (Lipinski definition) is 1. The average molecular weight is 272 g/mol. The van der Waals surface area contributed by atoms with Gasteiger partial charge in [0.2, 0.25) is 0 Å². The lowest BCUT2D eigenvalue weighted by Gasteiger charge is -2.14. The first-order valence-electron chi connectivity index (χ1n) is 6.58. The van der Waals surface area contributed by atoms with Gasteiger partial charge in [0.1, 0.15) is 17.2 Å². The van der Waals surface area contributed by atoms with Gasteiger partial charge in [0, 0.05) is 0 Å². The lowest BCUT2D eigenvalue weighted by atomic mass is 10.1. The van der Waals surface area contributed by atoms with Gasteiger partial charge >= 0.3 is 0 Å². The number of aryl methyl sites for hydroxylation is 3. The number of aliphatic hydroxyl groups is 1. The molecule has 0 unspecified atom stereocenters. The van der Waals surface area contributed by atoms with Gasteiger partial charge in [-0.15, -0.1) is 0 Å². The summed E-state index contributed by atoms with van der Waals surface area (Å²) in [6, 6.07) is 9.64. The van der Waals surface area contributed by atoms with E-state index in [1.807, 2.05) is 51.1 Å². The predicted octanol–water partition coefficient (Wildman–Crippen LogP) is 3.91. The highest BCUT2D eigenvalue weighted by atomic mass is 16.5. The normalized spacial score (nSPS) is 10.4. The zero-order chi connectivity index (χ0) is 14.7. The summed E-state index contributed by atoms with van der Waals surface area (Å²) in [6.07, 6.45) is 0. The van der Waals surface area contributed by atoms with Crippen molar-refractivity contribution in [2.75, 3.05) is 7.11 Å². The summed E-state index contributed by atoms with van der Waals surface area (Å²) < 4.78 is 11.2. The van der Waals surface area contributed by atoms with Crippen molar-refractivity contribution in [2.24, 2.45) is 0 Å². The van der Waals surface area contributed by atoms with Crippen molar-refractivity contribution in [1.29, 1.82) is 0 Å². The Kier molecular flexibility index (Phi) is 4.30. The summed E-state index contributed by atoms with van der Waals surface area (Å²) in [5.74, 6) is 2.47. The highest BCUT2D eigenvalue weighted by Crippen LogP contribution is 2.32. The van der Waals surface area contributed by atoms with Gasteiger partial charge < -0.3 is 14.6 Å². The van der Waals surface area contributed by atoms with Gasteiger partial charge in [-0.3, -0.25) is 0 Å². The van der Waals surface area contributed by atoms with Crippen LogP contribution in [0.3, 0.4) is 0 Å². The minimum atomic E-state index is 0.0452. The van der Waals surface area contributed by atoms with Crippen LogP contribution >= 0.6 is 0 Å². The Morgan fingerprint density at radius 1 is 0.950 bits per heavy atom. The molecule has 0 fully saturated rings. The summed E-state index contributed by atoms with van der Waals surface area (Å²) >= 11 is 0. The topological polar surface area (TPSA) is 38.7 Å². The third kappa shape index (κ3) is 2.94. The number of hydrogen-bond acceptors (Lipinski definition) is 3. The fourth-order valence-corrected chi connectivity index (χ4v) is 2.32. The Bertz CT molecular complexity index is 595. The van der Waals surface area contributed by atoms with E-state index in [-0.39, 0.29) is 6.61 Å². The Morgan fingerprint density at radius 2 is 1.60 bits per heavy atom. The molecule has 1 N–H and O–H groups in total. The van der Waals surface area contributed by atoms with E-state index in [0.717, 1.165) is 39.5 Å². The number of methoxy groups -OCH3 is 1. The third-order valence-corrected chi connectivity index (χ3v) is 3.29. The fourth-order valence-electron chi connectivity index (χ4n) is 2.32. The molecule has 0 aromatic heterocycles. The first-order valence-corrected chi connectivity index (χ1v) is 6.58. The van der Waals surface area contributed by atoms with Crippen molar-refractivity contribution in [3.8, 4) is 17.2 Å². The van der Waals surface area contributed by atoms with Crippen molar-refractivity contribution in [3.05, 3.63) is 52.6 Å². The van der Waals surface area contributed by atoms with E-state index in [0.29, 0.717) is 0 Å². The maximum Gasteiger partial charge on any atom is 0.133 e. The first kappa shape index (κ1) is 14.4. The summed E-state index contributed by atoms with van der Waals surface area (Å²) in [6.45, 7) is 6.00. The van der Waals surface area contributed by atoms with Gasteiger partial charge in [-0.1, -0.05) is 12.1 Å². The molecule has 0 saturated heterocycles. The Labute approximate surface area is 119 Å². The molecule has 0 bridgehead atoms. The second-order valence-electron chi connectivity index (χ2n) is 4.95. The van der Waals surface area contributed by atoms with E-state index in [2.05, 4.69) is 0 Å². The smallest absolute Gasteiger partial charge is 0.133 e. The highest BCUT2D eigenvalue weighted by Gasteiger charge is 2.08. The molecule has 106 valence electrons. The molecule has 0 saturated carbocycles. The summed E-state index contributed by atoms with van der Waals surface area (Å²) in [4.78, 5) is 0. The zero-order valence-corrected chi connectivity index (χ0v) is 12.4. The van der Waals surface area contributed by atoms with E-state index in [4.69, 9.17) is 9.47 Å². The third-order valence-electron chi connectivity index (χ3n) is 3.29. The number of aliphatic hydroxyl groups excluding tert-OH is 1. The second-order valence-corrected chi connectivity index (χ2v) is 4.95. The molecule has 0 aliphatic carbocycles. The van der Waals surface area contributed by atoms with Crippen molar-refractivity contribution in [1.82, 2.24) is 0 Å². The lowest BCUT2D eigenvalue weighted by molar-refractivity contribution is 0.281. The van der Waals surface area contributed by atoms with Crippen molar-refractivity contribution < 1.29 is 14.6 Å². The van der Waals surface area contributed by atoms with Crippen LogP contribution in [0, 0.1) is 20.8 Å². The monoisotopic (exact) mass is 272 g/mol. The van der Waals surface area contributed by atoms with Crippen LogP contribution in [0.2, 0.25) is 0 Å². The molecule has 2 aromatic carbocycles. The van der Waals surface area contributed by atoms with Crippen LogP contribution < -0.4 is 9.47 Å². The van der Waals surface area contributed by atoms with Crippen molar-refractivity contribution in [2.45, 2.75) is 27.4 Å². The molecule has 0 radical (unpaired) electrons. The Hall–Kier alpha value is -2.00. The molecule has 2 aromatic rings. The predicted molar refractivity (Wildman–Crippen MR) is 79.6 cm³/mol. The molecule has 0 aliphatic heterocycles. The standard InChI is InChI=1S/C17H20O3/c1-11-9-15(5-6-16(11)19-4)20-17-12(2)7-14(10-18)8-13(17)3/h5-9,18H,10H2,1-4H3. The molecule has 3 heteroatoms. The zero-order valence-electron chi connectivity index (χ0n) is 12.4. The minimum Gasteiger partial charge on any atom is -0.496 e. The quantitative estimate of drug-likeness (QED) is 0.917. The van der Waals surface area contributed by atoms with Gasteiger partial charge in [0.25, 0.3) is 0 Å². The van der Waals surface area contributed by atoms with Crippen LogP contribution in [0.4, 0.5) is 0 Å². The van der Waals surface area contributed by atoms with Gasteiger partial charge in [0.05, 0.1) is 13.7 Å². The van der Waals surface area contributed by atoms with Crippen molar-refractivity contribution >= 4 is 0 Å². The molecule has 20 heavy (non-hydrogen) atoms. The SMILES string of the molecule is COc1ccc(Oc2c(C)cc(CO)cc2C)cc1C. The van der Waals surface area contributed by atoms with Crippen molar-refractivity contribution in [3.63, 3.8) is 0 Å². The van der Waals surface area contributed by atoms with Gasteiger partial charge in [-0.2, -0.15) is 0 Å². The van der Waals surface area contributed by atoms with Crippen LogP contribution in [-0.4, -0.2) is 12.2 Å². The van der Waals surface area contributed by atoms with Crippen LogP contribution in [0.1, 0.15) is 22.3 Å². The summed E-state index contributed by atoms with van der Waals surface area (Å²) in [5.41, 5.74) is 3.97. The lowest BCUT2D eigenvalue weighted by Crippen LogP contribution is -1.95. The van der Waals surface area contributed by atoms with Crippen LogP contribution in [0.25, 0.3) is 0 Å². The Morgan fingerprint density at radius 3 is 2.10 bits per heavy atom. The van der Waals surface area contributed by atoms with Gasteiger partial charge in [-0.25, -0.2) is 0 Å². The number of benzene rings is 2. The van der Waals surface area contributed by atoms with E-state index in [1.165, 1.54) is 0 Å². The molecule has 0 amide bonds. The molecule has 3 nitrogen and oxygen atoms in total. The first-order chi connectivity index (χ1) is 9.55. The number of rotatable bonds is 4. The second kappa shape index (κ2) is 5.97. The minimum absolute atomic E-state index is 0.0452. The number of ether oxygens (including phenoxy) is 2. The molecular weight excluding hydrogens is 252 g/mol. The summed E-state index contributed by atoms with van der Waals surface area (Å²) in [5, 5.41) is 9.21. The molecule has 0 aliphatic rings. The van der Waals surface area contributed by atoms with E-state index < -0.39 is 0 Å².